The number of nitrogens with zero attached hydrogens (tertiary/aromatic N) is 1. The van der Waals surface area contributed by atoms with Crippen LogP contribution in [0, 0.1) is 0 Å². The van der Waals surface area contributed by atoms with Crippen molar-refractivity contribution in [2.45, 2.75) is 38.6 Å². The summed E-state index contributed by atoms with van der Waals surface area (Å²) in [5.41, 5.74) is 0.0625. The van der Waals surface area contributed by atoms with Gasteiger partial charge in [-0.1, -0.05) is 6.42 Å². The van der Waals surface area contributed by atoms with Gasteiger partial charge in [0.05, 0.1) is 25.3 Å². The van der Waals surface area contributed by atoms with Crippen LogP contribution in [0.25, 0.3) is 0 Å². The van der Waals surface area contributed by atoms with Crippen LogP contribution in [0.15, 0.2) is 18.2 Å². The Morgan fingerprint density at radius 3 is 2.33 bits per heavy atom. The molecule has 1 aliphatic rings. The number of benzene rings is 1. The zero-order valence-electron chi connectivity index (χ0n) is 13.4. The molecule has 116 valence electrons. The molecule has 4 heteroatoms. The van der Waals surface area contributed by atoms with Crippen LogP contribution in [-0.2, 0) is 0 Å². The SMILES string of the molecule is COc1ccc(OC)c(C(=O)C(C)(C)N2CCCCC2)c1. The van der Waals surface area contributed by atoms with Gasteiger partial charge in [0.2, 0.25) is 0 Å². The molecule has 0 radical (unpaired) electrons. The smallest absolute Gasteiger partial charge is 0.186 e. The van der Waals surface area contributed by atoms with Gasteiger partial charge in [0, 0.05) is 0 Å². The Hall–Kier alpha value is -1.55. The Kier molecular flexibility index (Phi) is 4.88. The molecule has 1 heterocycles. The van der Waals surface area contributed by atoms with E-state index in [1.54, 1.807) is 26.4 Å². The lowest BCUT2D eigenvalue weighted by Crippen LogP contribution is -2.52. The monoisotopic (exact) mass is 291 g/mol. The van der Waals surface area contributed by atoms with Gasteiger partial charge < -0.3 is 9.47 Å². The largest absolute Gasteiger partial charge is 0.497 e. The summed E-state index contributed by atoms with van der Waals surface area (Å²) < 4.78 is 10.6. The molecule has 0 unspecified atom stereocenters. The molecule has 0 aromatic heterocycles. The number of hydrogen-bond donors (Lipinski definition) is 0. The first-order chi connectivity index (χ1) is 10.0. The van der Waals surface area contributed by atoms with Crippen molar-refractivity contribution in [1.29, 1.82) is 0 Å². The highest BCUT2D eigenvalue weighted by Crippen LogP contribution is 2.31. The average molecular weight is 291 g/mol. The van der Waals surface area contributed by atoms with E-state index >= 15 is 0 Å². The van der Waals surface area contributed by atoms with Gasteiger partial charge in [-0.3, -0.25) is 9.69 Å². The maximum atomic E-state index is 13.0. The van der Waals surface area contributed by atoms with E-state index in [4.69, 9.17) is 9.47 Å². The van der Waals surface area contributed by atoms with E-state index in [0.29, 0.717) is 17.1 Å². The van der Waals surface area contributed by atoms with Crippen molar-refractivity contribution in [1.82, 2.24) is 4.90 Å². The molecule has 2 rings (SSSR count). The fourth-order valence-electron chi connectivity index (χ4n) is 2.92. The number of methoxy groups -OCH3 is 2. The van der Waals surface area contributed by atoms with E-state index in [9.17, 15) is 4.79 Å². The number of hydrogen-bond acceptors (Lipinski definition) is 4. The average Bonchev–Trinajstić information content (AvgIpc) is 2.54. The van der Waals surface area contributed by atoms with E-state index in [1.165, 1.54) is 6.42 Å². The summed E-state index contributed by atoms with van der Waals surface area (Å²) in [6.07, 6.45) is 3.57. The van der Waals surface area contributed by atoms with E-state index in [0.717, 1.165) is 25.9 Å². The van der Waals surface area contributed by atoms with E-state index < -0.39 is 5.54 Å². The van der Waals surface area contributed by atoms with Gasteiger partial charge in [-0.05, 0) is 58.0 Å². The number of piperidine rings is 1. The Morgan fingerprint density at radius 2 is 1.76 bits per heavy atom. The standard InChI is InChI=1S/C17H25NO3/c1-17(2,18-10-6-5-7-11-18)16(19)14-12-13(20-3)8-9-15(14)21-4/h8-9,12H,5-7,10-11H2,1-4H3. The van der Waals surface area contributed by atoms with Gasteiger partial charge in [0.25, 0.3) is 0 Å². The summed E-state index contributed by atoms with van der Waals surface area (Å²) in [4.78, 5) is 15.3. The first-order valence-electron chi connectivity index (χ1n) is 7.52. The molecule has 1 fully saturated rings. The van der Waals surface area contributed by atoms with Gasteiger partial charge in [0.1, 0.15) is 11.5 Å². The maximum absolute atomic E-state index is 13.0. The fourth-order valence-corrected chi connectivity index (χ4v) is 2.92. The van der Waals surface area contributed by atoms with Crippen LogP contribution in [-0.4, -0.2) is 43.5 Å². The topological polar surface area (TPSA) is 38.8 Å². The van der Waals surface area contributed by atoms with Crippen molar-refractivity contribution < 1.29 is 14.3 Å². The molecule has 0 bridgehead atoms. The second-order valence-electron chi connectivity index (χ2n) is 6.00. The van der Waals surface area contributed by atoms with Gasteiger partial charge >= 0.3 is 0 Å². The molecule has 1 aromatic rings. The van der Waals surface area contributed by atoms with Crippen molar-refractivity contribution in [3.63, 3.8) is 0 Å². The van der Waals surface area contributed by atoms with Crippen molar-refractivity contribution in [3.05, 3.63) is 23.8 Å². The van der Waals surface area contributed by atoms with Crippen LogP contribution < -0.4 is 9.47 Å². The molecule has 0 spiro atoms. The molecule has 0 aliphatic carbocycles. The predicted octanol–water partition coefficient (Wildman–Crippen LogP) is 3.15. The molecule has 0 atom stereocenters. The minimum Gasteiger partial charge on any atom is -0.497 e. The van der Waals surface area contributed by atoms with E-state index in [2.05, 4.69) is 4.90 Å². The first-order valence-corrected chi connectivity index (χ1v) is 7.52. The van der Waals surface area contributed by atoms with E-state index in [1.807, 2.05) is 19.9 Å². The normalized spacial score (nSPS) is 16.6. The third-order valence-electron chi connectivity index (χ3n) is 4.35. The molecular weight excluding hydrogens is 266 g/mol. The zero-order chi connectivity index (χ0) is 15.5. The quantitative estimate of drug-likeness (QED) is 0.781. The number of Topliss-reactive ketones (excluding diaryl/α,β-unsaturated/α-hetero) is 1. The molecule has 0 amide bonds. The van der Waals surface area contributed by atoms with Crippen molar-refractivity contribution in [2.75, 3.05) is 27.3 Å². The van der Waals surface area contributed by atoms with Crippen LogP contribution in [0.5, 0.6) is 11.5 Å². The summed E-state index contributed by atoms with van der Waals surface area (Å²) in [5.74, 6) is 1.36. The minimum atomic E-state index is -0.528. The molecule has 0 N–H and O–H groups in total. The zero-order valence-corrected chi connectivity index (χ0v) is 13.4. The lowest BCUT2D eigenvalue weighted by atomic mass is 9.89. The summed E-state index contributed by atoms with van der Waals surface area (Å²) in [6.45, 7) is 5.95. The number of ketones is 1. The minimum absolute atomic E-state index is 0.0835. The highest BCUT2D eigenvalue weighted by atomic mass is 16.5. The Balaban J connectivity index is 2.33. The Labute approximate surface area is 127 Å². The molecule has 1 aromatic carbocycles. The van der Waals surface area contributed by atoms with Gasteiger partial charge in [0.15, 0.2) is 5.78 Å². The van der Waals surface area contributed by atoms with Crippen molar-refractivity contribution in [2.24, 2.45) is 0 Å². The Bertz CT molecular complexity index is 505. The summed E-state index contributed by atoms with van der Waals surface area (Å²) in [6, 6.07) is 5.37. The number of ether oxygens (including phenoxy) is 2. The third-order valence-corrected chi connectivity index (χ3v) is 4.35. The maximum Gasteiger partial charge on any atom is 0.186 e. The predicted molar refractivity (Wildman–Crippen MR) is 83.4 cm³/mol. The van der Waals surface area contributed by atoms with Crippen LogP contribution in [0.4, 0.5) is 0 Å². The van der Waals surface area contributed by atoms with Gasteiger partial charge in [-0.25, -0.2) is 0 Å². The third kappa shape index (κ3) is 3.21. The number of rotatable bonds is 5. The number of carbonyl (C=O) groups is 1. The van der Waals surface area contributed by atoms with E-state index in [-0.39, 0.29) is 5.78 Å². The van der Waals surface area contributed by atoms with Gasteiger partial charge in [-0.2, -0.15) is 0 Å². The lowest BCUT2D eigenvalue weighted by molar-refractivity contribution is 0.0576. The van der Waals surface area contributed by atoms with Crippen LogP contribution in [0.1, 0.15) is 43.5 Å². The molecular formula is C17H25NO3. The first kappa shape index (κ1) is 15.8. The highest BCUT2D eigenvalue weighted by Gasteiger charge is 2.37. The second kappa shape index (κ2) is 6.48. The summed E-state index contributed by atoms with van der Waals surface area (Å²) >= 11 is 0. The van der Waals surface area contributed by atoms with Crippen LogP contribution in [0.3, 0.4) is 0 Å². The molecule has 0 saturated carbocycles. The van der Waals surface area contributed by atoms with Crippen LogP contribution in [0.2, 0.25) is 0 Å². The highest BCUT2D eigenvalue weighted by molar-refractivity contribution is 6.05. The molecule has 1 saturated heterocycles. The number of likely N-dealkylation sites (tertiary alicyclic amines) is 1. The van der Waals surface area contributed by atoms with Crippen molar-refractivity contribution in [3.8, 4) is 11.5 Å². The molecule has 21 heavy (non-hydrogen) atoms. The van der Waals surface area contributed by atoms with Crippen molar-refractivity contribution >= 4 is 5.78 Å². The number of carbonyl (C=O) groups excluding carboxylic acids is 1. The second-order valence-corrected chi connectivity index (χ2v) is 6.00. The summed E-state index contributed by atoms with van der Waals surface area (Å²) in [7, 11) is 3.19. The summed E-state index contributed by atoms with van der Waals surface area (Å²) in [5, 5.41) is 0. The lowest BCUT2D eigenvalue weighted by Gasteiger charge is -2.40. The van der Waals surface area contributed by atoms with Gasteiger partial charge in [-0.15, -0.1) is 0 Å². The fraction of sp³-hybridized carbons (Fsp3) is 0.588. The van der Waals surface area contributed by atoms with Crippen LogP contribution >= 0.6 is 0 Å². The molecule has 1 aliphatic heterocycles. The molecule has 4 nitrogen and oxygen atoms in total. The Morgan fingerprint density at radius 1 is 1.10 bits per heavy atom.